The number of aryl methyl sites for hydroxylation is 3. The minimum Gasteiger partial charge on any atom is -0.307 e. The Morgan fingerprint density at radius 2 is 1.91 bits per heavy atom. The number of amides is 1. The summed E-state index contributed by atoms with van der Waals surface area (Å²) in [4.78, 5) is 16.6. The number of carbonyl (C=O) groups is 1. The second-order valence-corrected chi connectivity index (χ2v) is 5.56. The first-order valence-electron chi connectivity index (χ1n) is 7.40. The first-order valence-corrected chi connectivity index (χ1v) is 7.40. The maximum absolute atomic E-state index is 12.4. The van der Waals surface area contributed by atoms with Crippen LogP contribution >= 0.6 is 0 Å². The van der Waals surface area contributed by atoms with E-state index in [2.05, 4.69) is 15.4 Å². The molecule has 3 aromatic rings. The molecule has 0 spiro atoms. The van der Waals surface area contributed by atoms with Crippen LogP contribution in [0.25, 0.3) is 5.69 Å². The molecule has 0 radical (unpaired) electrons. The van der Waals surface area contributed by atoms with E-state index in [0.717, 1.165) is 22.6 Å². The topological polar surface area (TPSA) is 59.8 Å². The van der Waals surface area contributed by atoms with Gasteiger partial charge in [-0.2, -0.15) is 5.10 Å². The zero-order valence-electron chi connectivity index (χ0n) is 13.4. The van der Waals surface area contributed by atoms with E-state index in [1.165, 1.54) is 0 Å². The minimum absolute atomic E-state index is 0.190. The predicted molar refractivity (Wildman–Crippen MR) is 90.0 cm³/mol. The summed E-state index contributed by atoms with van der Waals surface area (Å²) in [5.74, 6) is 0.349. The fraction of sp³-hybridized carbons (Fsp3) is 0.167. The molecule has 5 nitrogen and oxygen atoms in total. The molecule has 23 heavy (non-hydrogen) atoms. The second-order valence-electron chi connectivity index (χ2n) is 5.56. The Morgan fingerprint density at radius 3 is 2.57 bits per heavy atom. The molecular weight excluding hydrogens is 288 g/mol. The van der Waals surface area contributed by atoms with E-state index in [9.17, 15) is 4.79 Å². The molecule has 1 aromatic carbocycles. The zero-order chi connectivity index (χ0) is 16.4. The van der Waals surface area contributed by atoms with Crippen molar-refractivity contribution in [1.29, 1.82) is 0 Å². The van der Waals surface area contributed by atoms with Gasteiger partial charge in [-0.25, -0.2) is 9.67 Å². The Morgan fingerprint density at radius 1 is 1.09 bits per heavy atom. The molecular formula is C18H18N4O. The van der Waals surface area contributed by atoms with Gasteiger partial charge in [0, 0.05) is 17.5 Å². The monoisotopic (exact) mass is 306 g/mol. The predicted octanol–water partition coefficient (Wildman–Crippen LogP) is 3.44. The highest BCUT2D eigenvalue weighted by atomic mass is 16.1. The summed E-state index contributed by atoms with van der Waals surface area (Å²) in [5.41, 5.74) is 4.45. The number of carbonyl (C=O) groups excluding carboxylic acids is 1. The maximum atomic E-state index is 12.4. The fourth-order valence-electron chi connectivity index (χ4n) is 2.40. The molecule has 3 rings (SSSR count). The largest absolute Gasteiger partial charge is 0.307 e. The van der Waals surface area contributed by atoms with E-state index >= 15 is 0 Å². The lowest BCUT2D eigenvalue weighted by Gasteiger charge is -2.08. The van der Waals surface area contributed by atoms with Crippen LogP contribution < -0.4 is 5.32 Å². The molecule has 0 aliphatic rings. The SMILES string of the molecule is Cc1ccc(NC(=O)c2cccc(-n3nc(C)cc3C)c2)nc1. The third kappa shape index (κ3) is 3.29. The lowest BCUT2D eigenvalue weighted by atomic mass is 10.2. The molecule has 0 fully saturated rings. The van der Waals surface area contributed by atoms with Crippen molar-refractivity contribution in [2.24, 2.45) is 0 Å². The van der Waals surface area contributed by atoms with Gasteiger partial charge >= 0.3 is 0 Å². The molecule has 0 aliphatic heterocycles. The summed E-state index contributed by atoms with van der Waals surface area (Å²) in [6.07, 6.45) is 1.72. The van der Waals surface area contributed by atoms with Crippen LogP contribution in [0.2, 0.25) is 0 Å². The zero-order valence-corrected chi connectivity index (χ0v) is 13.4. The van der Waals surface area contributed by atoms with Gasteiger partial charge in [-0.15, -0.1) is 0 Å². The Labute approximate surface area is 135 Å². The van der Waals surface area contributed by atoms with Crippen LogP contribution in [0.15, 0.2) is 48.7 Å². The highest BCUT2D eigenvalue weighted by molar-refractivity contribution is 6.04. The summed E-state index contributed by atoms with van der Waals surface area (Å²) in [6.45, 7) is 5.89. The standard InChI is InChI=1S/C18H18N4O/c1-12-7-8-17(19-11-12)20-18(23)15-5-4-6-16(10-15)22-14(3)9-13(2)21-22/h4-11H,1-3H3,(H,19,20,23). The van der Waals surface area contributed by atoms with Gasteiger partial charge < -0.3 is 5.32 Å². The van der Waals surface area contributed by atoms with Gasteiger partial charge in [-0.05, 0) is 56.7 Å². The smallest absolute Gasteiger partial charge is 0.256 e. The molecule has 116 valence electrons. The molecule has 0 bridgehead atoms. The molecule has 5 heteroatoms. The van der Waals surface area contributed by atoms with Crippen molar-refractivity contribution >= 4 is 11.7 Å². The van der Waals surface area contributed by atoms with Crippen LogP contribution in [0.4, 0.5) is 5.82 Å². The molecule has 1 N–H and O–H groups in total. The van der Waals surface area contributed by atoms with Gasteiger partial charge in [-0.1, -0.05) is 12.1 Å². The Kier molecular flexibility index (Phi) is 3.93. The van der Waals surface area contributed by atoms with Crippen LogP contribution in [0.1, 0.15) is 27.3 Å². The van der Waals surface area contributed by atoms with Gasteiger partial charge in [0.15, 0.2) is 0 Å². The first-order chi connectivity index (χ1) is 11.0. The molecule has 1 amide bonds. The third-order valence-corrected chi connectivity index (χ3v) is 3.52. The van der Waals surface area contributed by atoms with E-state index in [1.54, 1.807) is 18.3 Å². The van der Waals surface area contributed by atoms with Crippen molar-refractivity contribution in [2.75, 3.05) is 5.32 Å². The van der Waals surface area contributed by atoms with Crippen LogP contribution in [0.3, 0.4) is 0 Å². The summed E-state index contributed by atoms with van der Waals surface area (Å²) in [7, 11) is 0. The molecule has 0 saturated heterocycles. The fourth-order valence-corrected chi connectivity index (χ4v) is 2.40. The molecule has 0 atom stereocenters. The van der Waals surface area contributed by atoms with Gasteiger partial charge in [0.05, 0.1) is 11.4 Å². The quantitative estimate of drug-likeness (QED) is 0.806. The number of anilines is 1. The Hall–Kier alpha value is -2.95. The summed E-state index contributed by atoms with van der Waals surface area (Å²) in [6, 6.07) is 13.1. The van der Waals surface area contributed by atoms with Crippen molar-refractivity contribution < 1.29 is 4.79 Å². The molecule has 2 aromatic heterocycles. The number of hydrogen-bond donors (Lipinski definition) is 1. The van der Waals surface area contributed by atoms with Crippen molar-refractivity contribution in [3.63, 3.8) is 0 Å². The summed E-state index contributed by atoms with van der Waals surface area (Å²) < 4.78 is 1.83. The van der Waals surface area contributed by atoms with Crippen LogP contribution in [0.5, 0.6) is 0 Å². The molecule has 0 aliphatic carbocycles. The van der Waals surface area contributed by atoms with Crippen LogP contribution in [0, 0.1) is 20.8 Å². The number of rotatable bonds is 3. The maximum Gasteiger partial charge on any atom is 0.256 e. The van der Waals surface area contributed by atoms with Crippen LogP contribution in [-0.2, 0) is 0 Å². The van der Waals surface area contributed by atoms with E-state index in [0.29, 0.717) is 11.4 Å². The highest BCUT2D eigenvalue weighted by Gasteiger charge is 2.10. The summed E-state index contributed by atoms with van der Waals surface area (Å²) in [5, 5.41) is 7.25. The average molecular weight is 306 g/mol. The molecule has 0 unspecified atom stereocenters. The molecule has 0 saturated carbocycles. The van der Waals surface area contributed by atoms with Gasteiger partial charge in [-0.3, -0.25) is 4.79 Å². The number of hydrogen-bond acceptors (Lipinski definition) is 3. The van der Waals surface area contributed by atoms with Gasteiger partial charge in [0.1, 0.15) is 5.82 Å². The third-order valence-electron chi connectivity index (χ3n) is 3.52. The lowest BCUT2D eigenvalue weighted by Crippen LogP contribution is -2.13. The number of pyridine rings is 1. The number of nitrogens with one attached hydrogen (secondary N) is 1. The number of nitrogens with zero attached hydrogens (tertiary/aromatic N) is 3. The van der Waals surface area contributed by atoms with Crippen molar-refractivity contribution in [1.82, 2.24) is 14.8 Å². The van der Waals surface area contributed by atoms with E-state index < -0.39 is 0 Å². The second kappa shape index (κ2) is 6.04. The van der Waals surface area contributed by atoms with Crippen molar-refractivity contribution in [3.8, 4) is 5.69 Å². The van der Waals surface area contributed by atoms with Crippen molar-refractivity contribution in [2.45, 2.75) is 20.8 Å². The lowest BCUT2D eigenvalue weighted by molar-refractivity contribution is 0.102. The Bertz CT molecular complexity index is 850. The average Bonchev–Trinajstić information content (AvgIpc) is 2.88. The number of benzene rings is 1. The normalized spacial score (nSPS) is 10.6. The minimum atomic E-state index is -0.190. The van der Waals surface area contributed by atoms with E-state index in [1.807, 2.05) is 55.8 Å². The van der Waals surface area contributed by atoms with Gasteiger partial charge in [0.25, 0.3) is 5.91 Å². The summed E-state index contributed by atoms with van der Waals surface area (Å²) >= 11 is 0. The van der Waals surface area contributed by atoms with Gasteiger partial charge in [0.2, 0.25) is 0 Å². The highest BCUT2D eigenvalue weighted by Crippen LogP contribution is 2.15. The van der Waals surface area contributed by atoms with Crippen molar-refractivity contribution in [3.05, 3.63) is 71.2 Å². The van der Waals surface area contributed by atoms with E-state index in [-0.39, 0.29) is 5.91 Å². The first kappa shape index (κ1) is 15.0. The Balaban J connectivity index is 1.86. The van der Waals surface area contributed by atoms with E-state index in [4.69, 9.17) is 0 Å². The number of aromatic nitrogens is 3. The molecule has 2 heterocycles. The van der Waals surface area contributed by atoms with Crippen LogP contribution in [-0.4, -0.2) is 20.7 Å².